The van der Waals surface area contributed by atoms with E-state index in [1.165, 1.54) is 308 Å². The number of aliphatic hydroxyl groups is 5. The molecule has 0 saturated carbocycles. The van der Waals surface area contributed by atoms with Crippen LogP contribution in [0.3, 0.4) is 0 Å². The first-order valence-electron chi connectivity index (χ1n) is 37.4. The molecule has 7 unspecified atom stereocenters. The molecule has 9 nitrogen and oxygen atoms in total. The number of ether oxygens (including phenoxy) is 2. The largest absolute Gasteiger partial charge is 0.394 e. The van der Waals surface area contributed by atoms with Gasteiger partial charge in [-0.15, -0.1) is 0 Å². The van der Waals surface area contributed by atoms with Gasteiger partial charge in [0.2, 0.25) is 5.91 Å². The lowest BCUT2D eigenvalue weighted by Gasteiger charge is -2.40. The minimum Gasteiger partial charge on any atom is -0.394 e. The third-order valence-electron chi connectivity index (χ3n) is 17.9. The van der Waals surface area contributed by atoms with Gasteiger partial charge in [0.1, 0.15) is 24.4 Å². The van der Waals surface area contributed by atoms with Gasteiger partial charge in [0, 0.05) is 6.42 Å². The molecule has 1 aliphatic rings. The Kier molecular flexibility index (Phi) is 62.2. The summed E-state index contributed by atoms with van der Waals surface area (Å²) < 4.78 is 11.3. The van der Waals surface area contributed by atoms with Gasteiger partial charge in [0.25, 0.3) is 0 Å². The summed E-state index contributed by atoms with van der Waals surface area (Å²) in [5.41, 5.74) is 0. The Hall–Kier alpha value is -1.85. The van der Waals surface area contributed by atoms with Crippen molar-refractivity contribution in [2.24, 2.45) is 0 Å². The van der Waals surface area contributed by atoms with Crippen molar-refractivity contribution in [3.05, 3.63) is 48.6 Å². The van der Waals surface area contributed by atoms with Crippen LogP contribution in [0.2, 0.25) is 0 Å². The zero-order valence-electron chi connectivity index (χ0n) is 56.1. The van der Waals surface area contributed by atoms with E-state index in [-0.39, 0.29) is 12.5 Å². The normalized spacial score (nSPS) is 18.3. The quantitative estimate of drug-likeness (QED) is 0.0261. The number of carbonyl (C=O) groups is 1. The fourth-order valence-corrected chi connectivity index (χ4v) is 12.0. The second kappa shape index (κ2) is 65.1. The summed E-state index contributed by atoms with van der Waals surface area (Å²) in [6, 6.07) is -0.823. The number of aliphatic hydroxyl groups excluding tert-OH is 5. The molecule has 0 aromatic heterocycles. The van der Waals surface area contributed by atoms with Crippen LogP contribution in [0.1, 0.15) is 373 Å². The van der Waals surface area contributed by atoms with Gasteiger partial charge in [-0.05, 0) is 64.2 Å². The maximum atomic E-state index is 13.1. The van der Waals surface area contributed by atoms with E-state index in [0.29, 0.717) is 6.42 Å². The van der Waals surface area contributed by atoms with E-state index in [9.17, 15) is 30.3 Å². The molecule has 0 aromatic carbocycles. The topological polar surface area (TPSA) is 149 Å². The summed E-state index contributed by atoms with van der Waals surface area (Å²) in [6.45, 7) is 3.81. The lowest BCUT2D eigenvalue weighted by Crippen LogP contribution is -2.60. The molecule has 0 bridgehead atoms. The molecule has 0 aliphatic carbocycles. The van der Waals surface area contributed by atoms with E-state index in [0.717, 1.165) is 44.9 Å². The van der Waals surface area contributed by atoms with Gasteiger partial charge in [0.15, 0.2) is 6.29 Å². The number of hydrogen-bond donors (Lipinski definition) is 6. The summed E-state index contributed by atoms with van der Waals surface area (Å²) in [5, 5.41) is 54.8. The molecule has 7 atom stereocenters. The van der Waals surface area contributed by atoms with E-state index >= 15 is 0 Å². The van der Waals surface area contributed by atoms with Gasteiger partial charge in [-0.25, -0.2) is 0 Å². The van der Waals surface area contributed by atoms with Gasteiger partial charge in [-0.1, -0.05) is 351 Å². The smallest absolute Gasteiger partial charge is 0.220 e. The molecule has 0 radical (unpaired) electrons. The van der Waals surface area contributed by atoms with Crippen molar-refractivity contribution in [3.8, 4) is 0 Å². The molecular formula is C76H143NO8. The van der Waals surface area contributed by atoms with Gasteiger partial charge < -0.3 is 40.3 Å². The standard InChI is InChI=1S/C76H143NO8/c1-3-5-7-9-11-13-15-17-19-21-23-25-27-29-31-33-34-35-36-38-40-42-44-46-48-50-52-54-56-58-60-62-64-66-72(80)77-69(68-84-76-75(83)74(82)73(81)71(67-78)85-76)70(79)65-63-61-59-57-55-53-51-49-47-45-43-41-39-37-32-30-28-26-24-22-20-18-16-14-12-10-8-6-4-2/h15,17,21,23,55,57,63,65,69-71,73-76,78-79,81-83H,3-14,16,18-20,22,24-54,56,58-62,64,66-68H2,1-2H3,(H,77,80)/b17-15-,23-21-,57-55+,65-63+. The van der Waals surface area contributed by atoms with Crippen LogP contribution in [0.15, 0.2) is 48.6 Å². The average molecular weight is 1200 g/mol. The molecule has 1 amide bonds. The highest BCUT2D eigenvalue weighted by atomic mass is 16.7. The minimum absolute atomic E-state index is 0.180. The SMILES string of the molecule is CCCCCCC/C=C\C/C=C\CCCCCCCCCCCCCCCCCCCCCCCC(=O)NC(COC1OC(CO)C(O)C(O)C1O)C(O)/C=C/CC/C=C/CCCCCCCCCCCCCCCCCCCCCCCCC. The number of carbonyl (C=O) groups excluding carboxylic acids is 1. The van der Waals surface area contributed by atoms with E-state index in [1.807, 2.05) is 6.08 Å². The summed E-state index contributed by atoms with van der Waals surface area (Å²) in [4.78, 5) is 13.1. The number of amides is 1. The number of nitrogens with one attached hydrogen (secondary N) is 1. The van der Waals surface area contributed by atoms with Crippen LogP contribution in [0.4, 0.5) is 0 Å². The lowest BCUT2D eigenvalue weighted by molar-refractivity contribution is -0.302. The molecule has 1 rings (SSSR count). The third kappa shape index (κ3) is 53.7. The molecule has 1 aliphatic heterocycles. The summed E-state index contributed by atoms with van der Waals surface area (Å²) in [5.74, 6) is -0.180. The van der Waals surface area contributed by atoms with Crippen molar-refractivity contribution in [2.75, 3.05) is 13.2 Å². The Bertz CT molecular complexity index is 1480. The fraction of sp³-hybridized carbons (Fsp3) is 0.882. The van der Waals surface area contributed by atoms with Gasteiger partial charge in [-0.3, -0.25) is 4.79 Å². The molecule has 500 valence electrons. The zero-order chi connectivity index (χ0) is 61.4. The summed E-state index contributed by atoms with van der Waals surface area (Å²) in [7, 11) is 0. The van der Waals surface area contributed by atoms with Crippen LogP contribution in [-0.2, 0) is 14.3 Å². The van der Waals surface area contributed by atoms with Crippen LogP contribution in [0.5, 0.6) is 0 Å². The monoisotopic (exact) mass is 1200 g/mol. The molecular weight excluding hydrogens is 1050 g/mol. The molecule has 85 heavy (non-hydrogen) atoms. The minimum atomic E-state index is -1.57. The molecule has 9 heteroatoms. The molecule has 6 N–H and O–H groups in total. The number of unbranched alkanes of at least 4 members (excludes halogenated alkanes) is 50. The van der Waals surface area contributed by atoms with Crippen molar-refractivity contribution < 1.29 is 39.8 Å². The Balaban J connectivity index is 2.11. The first kappa shape index (κ1) is 81.2. The van der Waals surface area contributed by atoms with Crippen molar-refractivity contribution in [2.45, 2.75) is 416 Å². The Labute approximate surface area is 526 Å². The second-order valence-corrected chi connectivity index (χ2v) is 26.1. The molecule has 1 fully saturated rings. The highest BCUT2D eigenvalue weighted by Gasteiger charge is 2.44. The van der Waals surface area contributed by atoms with E-state index < -0.39 is 49.5 Å². The van der Waals surface area contributed by atoms with Crippen molar-refractivity contribution >= 4 is 5.91 Å². The van der Waals surface area contributed by atoms with Crippen LogP contribution < -0.4 is 5.32 Å². The third-order valence-corrected chi connectivity index (χ3v) is 17.9. The predicted octanol–water partition coefficient (Wildman–Crippen LogP) is 20.8. The maximum Gasteiger partial charge on any atom is 0.220 e. The highest BCUT2D eigenvalue weighted by molar-refractivity contribution is 5.76. The maximum absolute atomic E-state index is 13.1. The summed E-state index contributed by atoms with van der Waals surface area (Å²) >= 11 is 0. The Morgan fingerprint density at radius 1 is 0.400 bits per heavy atom. The number of rotatable bonds is 66. The molecule has 1 saturated heterocycles. The summed E-state index contributed by atoms with van der Waals surface area (Å²) in [6.07, 6.45) is 82.4. The van der Waals surface area contributed by atoms with Gasteiger partial charge >= 0.3 is 0 Å². The molecule has 1 heterocycles. The van der Waals surface area contributed by atoms with Crippen molar-refractivity contribution in [1.29, 1.82) is 0 Å². The first-order chi connectivity index (χ1) is 41.8. The lowest BCUT2D eigenvalue weighted by atomic mass is 9.99. The number of allylic oxidation sites excluding steroid dienone is 7. The van der Waals surface area contributed by atoms with Crippen molar-refractivity contribution in [1.82, 2.24) is 5.32 Å². The van der Waals surface area contributed by atoms with Crippen LogP contribution >= 0.6 is 0 Å². The number of hydrogen-bond acceptors (Lipinski definition) is 8. The van der Waals surface area contributed by atoms with Crippen LogP contribution in [0.25, 0.3) is 0 Å². The zero-order valence-corrected chi connectivity index (χ0v) is 56.1. The van der Waals surface area contributed by atoms with Crippen molar-refractivity contribution in [3.63, 3.8) is 0 Å². The highest BCUT2D eigenvalue weighted by Crippen LogP contribution is 2.24. The van der Waals surface area contributed by atoms with Gasteiger partial charge in [0.05, 0.1) is 25.4 Å². The van der Waals surface area contributed by atoms with E-state index in [4.69, 9.17) is 9.47 Å². The van der Waals surface area contributed by atoms with Crippen LogP contribution in [-0.4, -0.2) is 87.5 Å². The van der Waals surface area contributed by atoms with Gasteiger partial charge in [-0.2, -0.15) is 0 Å². The predicted molar refractivity (Wildman–Crippen MR) is 364 cm³/mol. The van der Waals surface area contributed by atoms with E-state index in [2.05, 4.69) is 55.6 Å². The van der Waals surface area contributed by atoms with Crippen LogP contribution in [0, 0.1) is 0 Å². The fourth-order valence-electron chi connectivity index (χ4n) is 12.0. The molecule has 0 aromatic rings. The average Bonchev–Trinajstić information content (AvgIpc) is 3.68. The Morgan fingerprint density at radius 2 is 0.706 bits per heavy atom. The molecule has 0 spiro atoms. The van der Waals surface area contributed by atoms with E-state index in [1.54, 1.807) is 6.08 Å². The first-order valence-corrected chi connectivity index (χ1v) is 37.4. The second-order valence-electron chi connectivity index (χ2n) is 26.1. The Morgan fingerprint density at radius 3 is 1.06 bits per heavy atom.